The summed E-state index contributed by atoms with van der Waals surface area (Å²) >= 11 is 0. The predicted octanol–water partition coefficient (Wildman–Crippen LogP) is 2.87. The molecule has 0 radical (unpaired) electrons. The highest BCUT2D eigenvalue weighted by Crippen LogP contribution is 2.32. The quantitative estimate of drug-likeness (QED) is 0.783. The molecule has 0 atom stereocenters. The van der Waals surface area contributed by atoms with Crippen LogP contribution in [0.5, 0.6) is 17.2 Å². The summed E-state index contributed by atoms with van der Waals surface area (Å²) in [6, 6.07) is 11.5. The fourth-order valence-corrected chi connectivity index (χ4v) is 3.49. The number of amides is 1. The standard InChI is InChI=1S/C21H26N2O4/c1-15-19(26-3)10-5-16(21(15)27-4)13-22-11-12-23(20(24)14-22)17-6-8-18(25-2)9-7-17/h5-10H,11-14H2,1-4H3. The second kappa shape index (κ2) is 8.31. The number of methoxy groups -OCH3 is 3. The molecule has 6 nitrogen and oxygen atoms in total. The molecule has 1 aliphatic heterocycles. The maximum atomic E-state index is 12.7. The molecular formula is C21H26N2O4. The minimum Gasteiger partial charge on any atom is -0.497 e. The van der Waals surface area contributed by atoms with Gasteiger partial charge in [0, 0.05) is 36.4 Å². The van der Waals surface area contributed by atoms with Crippen LogP contribution < -0.4 is 19.1 Å². The van der Waals surface area contributed by atoms with Crippen LogP contribution in [0, 0.1) is 6.92 Å². The van der Waals surface area contributed by atoms with Crippen LogP contribution in [0.2, 0.25) is 0 Å². The Balaban J connectivity index is 1.69. The van der Waals surface area contributed by atoms with Gasteiger partial charge < -0.3 is 19.1 Å². The Morgan fingerprint density at radius 3 is 2.26 bits per heavy atom. The van der Waals surface area contributed by atoms with Crippen molar-refractivity contribution >= 4 is 11.6 Å². The summed E-state index contributed by atoms with van der Waals surface area (Å²) in [4.78, 5) is 16.6. The van der Waals surface area contributed by atoms with Gasteiger partial charge in [-0.1, -0.05) is 6.07 Å². The monoisotopic (exact) mass is 370 g/mol. The molecule has 6 heteroatoms. The van der Waals surface area contributed by atoms with Gasteiger partial charge in [-0.2, -0.15) is 0 Å². The van der Waals surface area contributed by atoms with Crippen LogP contribution in [0.4, 0.5) is 5.69 Å². The largest absolute Gasteiger partial charge is 0.497 e. The van der Waals surface area contributed by atoms with E-state index >= 15 is 0 Å². The Morgan fingerprint density at radius 1 is 0.926 bits per heavy atom. The lowest BCUT2D eigenvalue weighted by atomic mass is 10.1. The Kier molecular flexibility index (Phi) is 5.86. The van der Waals surface area contributed by atoms with Gasteiger partial charge in [-0.3, -0.25) is 9.69 Å². The lowest BCUT2D eigenvalue weighted by Crippen LogP contribution is -2.50. The first-order chi connectivity index (χ1) is 13.1. The molecule has 0 unspecified atom stereocenters. The lowest BCUT2D eigenvalue weighted by Gasteiger charge is -2.34. The van der Waals surface area contributed by atoms with E-state index in [4.69, 9.17) is 14.2 Å². The average Bonchev–Trinajstić information content (AvgIpc) is 2.69. The van der Waals surface area contributed by atoms with Crippen LogP contribution in [0.3, 0.4) is 0 Å². The molecule has 0 aromatic heterocycles. The highest BCUT2D eigenvalue weighted by molar-refractivity contribution is 5.95. The van der Waals surface area contributed by atoms with Gasteiger partial charge in [0.2, 0.25) is 5.91 Å². The Labute approximate surface area is 160 Å². The molecule has 1 amide bonds. The maximum Gasteiger partial charge on any atom is 0.241 e. The first kappa shape index (κ1) is 19.0. The zero-order chi connectivity index (χ0) is 19.4. The van der Waals surface area contributed by atoms with Crippen molar-refractivity contribution in [2.75, 3.05) is 45.9 Å². The molecule has 3 rings (SSSR count). The summed E-state index contributed by atoms with van der Waals surface area (Å²) in [5, 5.41) is 0. The number of carbonyl (C=O) groups excluding carboxylic acids is 1. The van der Waals surface area contributed by atoms with Crippen molar-refractivity contribution in [2.45, 2.75) is 13.5 Å². The molecule has 1 fully saturated rings. The van der Waals surface area contributed by atoms with Crippen LogP contribution >= 0.6 is 0 Å². The van der Waals surface area contributed by atoms with E-state index in [1.807, 2.05) is 48.2 Å². The molecule has 0 N–H and O–H groups in total. The number of hydrogen-bond donors (Lipinski definition) is 0. The van der Waals surface area contributed by atoms with Gasteiger partial charge in [0.1, 0.15) is 17.2 Å². The van der Waals surface area contributed by atoms with E-state index in [2.05, 4.69) is 4.90 Å². The van der Waals surface area contributed by atoms with Gasteiger partial charge in [-0.25, -0.2) is 0 Å². The second-order valence-electron chi connectivity index (χ2n) is 6.54. The van der Waals surface area contributed by atoms with Crippen LogP contribution in [0.1, 0.15) is 11.1 Å². The third kappa shape index (κ3) is 4.01. The van der Waals surface area contributed by atoms with Crippen LogP contribution in [0.15, 0.2) is 36.4 Å². The molecule has 1 heterocycles. The number of piperazine rings is 1. The molecule has 144 valence electrons. The van der Waals surface area contributed by atoms with Gasteiger partial charge in [0.15, 0.2) is 0 Å². The topological polar surface area (TPSA) is 51.2 Å². The molecule has 2 aromatic carbocycles. The van der Waals surface area contributed by atoms with Gasteiger partial charge >= 0.3 is 0 Å². The summed E-state index contributed by atoms with van der Waals surface area (Å²) in [5.41, 5.74) is 2.93. The molecular weight excluding hydrogens is 344 g/mol. The fraction of sp³-hybridized carbons (Fsp3) is 0.381. The van der Waals surface area contributed by atoms with Gasteiger partial charge in [-0.05, 0) is 37.3 Å². The first-order valence-corrected chi connectivity index (χ1v) is 8.94. The first-order valence-electron chi connectivity index (χ1n) is 8.94. The van der Waals surface area contributed by atoms with Gasteiger partial charge in [-0.15, -0.1) is 0 Å². The number of benzene rings is 2. The predicted molar refractivity (Wildman–Crippen MR) is 105 cm³/mol. The smallest absolute Gasteiger partial charge is 0.241 e. The van der Waals surface area contributed by atoms with Crippen molar-refractivity contribution in [1.82, 2.24) is 4.90 Å². The average molecular weight is 370 g/mol. The second-order valence-corrected chi connectivity index (χ2v) is 6.54. The summed E-state index contributed by atoms with van der Waals surface area (Å²) in [6.07, 6.45) is 0. The highest BCUT2D eigenvalue weighted by Gasteiger charge is 2.26. The normalized spacial score (nSPS) is 15.0. The van der Waals surface area contributed by atoms with Crippen molar-refractivity contribution in [3.63, 3.8) is 0 Å². The molecule has 2 aromatic rings. The third-order valence-corrected chi connectivity index (χ3v) is 4.94. The van der Waals surface area contributed by atoms with Crippen LogP contribution in [-0.2, 0) is 11.3 Å². The molecule has 0 spiro atoms. The van der Waals surface area contributed by atoms with Crippen molar-refractivity contribution < 1.29 is 19.0 Å². The van der Waals surface area contributed by atoms with Crippen LogP contribution in [-0.4, -0.2) is 51.8 Å². The maximum absolute atomic E-state index is 12.7. The van der Waals surface area contributed by atoms with Crippen LogP contribution in [0.25, 0.3) is 0 Å². The van der Waals surface area contributed by atoms with E-state index < -0.39 is 0 Å². The molecule has 0 aliphatic carbocycles. The van der Waals surface area contributed by atoms with Crippen molar-refractivity contribution in [2.24, 2.45) is 0 Å². The summed E-state index contributed by atoms with van der Waals surface area (Å²) in [7, 11) is 4.95. The Bertz CT molecular complexity index is 805. The minimum absolute atomic E-state index is 0.0932. The third-order valence-electron chi connectivity index (χ3n) is 4.94. The minimum atomic E-state index is 0.0932. The Morgan fingerprint density at radius 2 is 1.67 bits per heavy atom. The SMILES string of the molecule is COc1ccc(N2CCN(Cc3ccc(OC)c(C)c3OC)CC2=O)cc1. The highest BCUT2D eigenvalue weighted by atomic mass is 16.5. The molecule has 0 saturated carbocycles. The van der Waals surface area contributed by atoms with E-state index in [1.165, 1.54) is 0 Å². The fourth-order valence-electron chi connectivity index (χ4n) is 3.49. The zero-order valence-electron chi connectivity index (χ0n) is 16.3. The molecule has 1 saturated heterocycles. The number of rotatable bonds is 6. The number of hydrogen-bond acceptors (Lipinski definition) is 5. The van der Waals surface area contributed by atoms with Crippen molar-refractivity contribution in [3.05, 3.63) is 47.5 Å². The molecule has 1 aliphatic rings. The zero-order valence-corrected chi connectivity index (χ0v) is 16.3. The van der Waals surface area contributed by atoms with E-state index in [1.54, 1.807) is 21.3 Å². The number of nitrogens with zero attached hydrogens (tertiary/aromatic N) is 2. The van der Waals surface area contributed by atoms with Crippen molar-refractivity contribution in [3.8, 4) is 17.2 Å². The van der Waals surface area contributed by atoms with Gasteiger partial charge in [0.25, 0.3) is 0 Å². The van der Waals surface area contributed by atoms with E-state index in [9.17, 15) is 4.79 Å². The Hall–Kier alpha value is -2.73. The summed E-state index contributed by atoms with van der Waals surface area (Å²) in [6.45, 7) is 4.47. The van der Waals surface area contributed by atoms with Gasteiger partial charge in [0.05, 0.1) is 27.9 Å². The molecule has 0 bridgehead atoms. The van der Waals surface area contributed by atoms with E-state index in [0.29, 0.717) is 19.6 Å². The summed E-state index contributed by atoms with van der Waals surface area (Å²) in [5.74, 6) is 2.50. The lowest BCUT2D eigenvalue weighted by molar-refractivity contribution is -0.121. The van der Waals surface area contributed by atoms with Crippen molar-refractivity contribution in [1.29, 1.82) is 0 Å². The summed E-state index contributed by atoms with van der Waals surface area (Å²) < 4.78 is 16.1. The number of anilines is 1. The van der Waals surface area contributed by atoms with E-state index in [-0.39, 0.29) is 5.91 Å². The number of ether oxygens (including phenoxy) is 3. The molecule has 27 heavy (non-hydrogen) atoms. The number of carbonyl (C=O) groups is 1. The van der Waals surface area contributed by atoms with E-state index in [0.717, 1.165) is 40.6 Å².